The minimum Gasteiger partial charge on any atom is -0.452 e. The van der Waals surface area contributed by atoms with Crippen LogP contribution >= 0.6 is 0 Å². The molecule has 0 aliphatic carbocycles. The highest BCUT2D eigenvalue weighted by molar-refractivity contribution is 5.97. The Morgan fingerprint density at radius 3 is 2.27 bits per heavy atom. The van der Waals surface area contributed by atoms with Crippen molar-refractivity contribution in [2.45, 2.75) is 46.8 Å². The summed E-state index contributed by atoms with van der Waals surface area (Å²) in [4.78, 5) is 35.1. The molecule has 26 heavy (non-hydrogen) atoms. The maximum Gasteiger partial charge on any atom is 0.338 e. The van der Waals surface area contributed by atoms with Crippen LogP contribution < -0.4 is 10.6 Å². The molecule has 0 aliphatic rings. The van der Waals surface area contributed by atoms with Crippen molar-refractivity contribution >= 4 is 17.9 Å². The monoisotopic (exact) mass is 364 g/mol. The number of amides is 3. The van der Waals surface area contributed by atoms with Gasteiger partial charge < -0.3 is 14.8 Å². The van der Waals surface area contributed by atoms with E-state index >= 15 is 0 Å². The van der Waals surface area contributed by atoms with E-state index in [4.69, 9.17) is 9.47 Å². The van der Waals surface area contributed by atoms with Gasteiger partial charge in [0.05, 0.1) is 18.3 Å². The van der Waals surface area contributed by atoms with Crippen molar-refractivity contribution in [3.05, 3.63) is 35.4 Å². The first-order valence-electron chi connectivity index (χ1n) is 8.73. The minimum atomic E-state index is -0.678. The van der Waals surface area contributed by atoms with Crippen LogP contribution in [-0.4, -0.2) is 37.2 Å². The van der Waals surface area contributed by atoms with E-state index < -0.39 is 24.5 Å². The summed E-state index contributed by atoms with van der Waals surface area (Å²) >= 11 is 0. The SMILES string of the molecule is CC(C)CCNC(=O)NC(=O)COC(=O)c1ccc(COC(C)C)cc1. The second-order valence-electron chi connectivity index (χ2n) is 6.62. The fraction of sp³-hybridized carbons (Fsp3) is 0.526. The number of carbonyl (C=O) groups is 3. The summed E-state index contributed by atoms with van der Waals surface area (Å²) in [6.07, 6.45) is 0.940. The summed E-state index contributed by atoms with van der Waals surface area (Å²) < 4.78 is 10.4. The Morgan fingerprint density at radius 1 is 1.04 bits per heavy atom. The number of hydrogen-bond donors (Lipinski definition) is 2. The van der Waals surface area contributed by atoms with Crippen molar-refractivity contribution in [2.75, 3.05) is 13.2 Å². The summed E-state index contributed by atoms with van der Waals surface area (Å²) in [5.41, 5.74) is 1.26. The maximum absolute atomic E-state index is 11.9. The smallest absolute Gasteiger partial charge is 0.338 e. The highest BCUT2D eigenvalue weighted by Gasteiger charge is 2.12. The Labute approximate surface area is 154 Å². The minimum absolute atomic E-state index is 0.126. The topological polar surface area (TPSA) is 93.7 Å². The first kappa shape index (κ1) is 21.6. The van der Waals surface area contributed by atoms with Crippen molar-refractivity contribution in [2.24, 2.45) is 5.92 Å². The Morgan fingerprint density at radius 2 is 1.69 bits per heavy atom. The molecular weight excluding hydrogens is 336 g/mol. The summed E-state index contributed by atoms with van der Waals surface area (Å²) in [5.74, 6) is -0.852. The number of benzene rings is 1. The lowest BCUT2D eigenvalue weighted by molar-refractivity contribution is -0.123. The van der Waals surface area contributed by atoms with E-state index in [-0.39, 0.29) is 6.10 Å². The predicted molar refractivity (Wildman–Crippen MR) is 97.6 cm³/mol. The van der Waals surface area contributed by atoms with E-state index in [9.17, 15) is 14.4 Å². The Kier molecular flexibility index (Phi) is 9.36. The van der Waals surface area contributed by atoms with Gasteiger partial charge in [-0.05, 0) is 43.9 Å². The lowest BCUT2D eigenvalue weighted by Gasteiger charge is -2.09. The maximum atomic E-state index is 11.9. The van der Waals surface area contributed by atoms with E-state index in [2.05, 4.69) is 10.6 Å². The highest BCUT2D eigenvalue weighted by Crippen LogP contribution is 2.08. The number of hydrogen-bond acceptors (Lipinski definition) is 5. The average Bonchev–Trinajstić information content (AvgIpc) is 2.58. The number of rotatable bonds is 9. The average molecular weight is 364 g/mol. The normalized spacial score (nSPS) is 10.7. The molecule has 0 radical (unpaired) electrons. The molecule has 0 spiro atoms. The third-order valence-electron chi connectivity index (χ3n) is 3.37. The molecule has 1 rings (SSSR count). The van der Waals surface area contributed by atoms with Gasteiger partial charge in [-0.15, -0.1) is 0 Å². The largest absolute Gasteiger partial charge is 0.452 e. The summed E-state index contributed by atoms with van der Waals surface area (Å²) in [6, 6.07) is 6.15. The molecule has 0 saturated carbocycles. The Hall–Kier alpha value is -2.41. The lowest BCUT2D eigenvalue weighted by Crippen LogP contribution is -2.41. The van der Waals surface area contributed by atoms with Crippen molar-refractivity contribution in [1.29, 1.82) is 0 Å². The molecule has 3 amide bonds. The molecule has 1 aromatic carbocycles. The van der Waals surface area contributed by atoms with Gasteiger partial charge in [0.15, 0.2) is 6.61 Å². The molecule has 0 unspecified atom stereocenters. The number of urea groups is 1. The number of carbonyl (C=O) groups excluding carboxylic acids is 3. The van der Waals surface area contributed by atoms with Gasteiger partial charge in [0.2, 0.25) is 0 Å². The van der Waals surface area contributed by atoms with Crippen molar-refractivity contribution in [3.63, 3.8) is 0 Å². The molecule has 0 aliphatic heterocycles. The van der Waals surface area contributed by atoms with Crippen LogP contribution in [-0.2, 0) is 20.9 Å². The summed E-state index contributed by atoms with van der Waals surface area (Å²) in [6.45, 7) is 8.38. The number of imide groups is 1. The van der Waals surface area contributed by atoms with Crippen LogP contribution in [0, 0.1) is 5.92 Å². The highest BCUT2D eigenvalue weighted by atomic mass is 16.5. The number of ether oxygens (including phenoxy) is 2. The zero-order chi connectivity index (χ0) is 19.5. The van der Waals surface area contributed by atoms with Gasteiger partial charge in [-0.25, -0.2) is 9.59 Å². The van der Waals surface area contributed by atoms with Crippen LogP contribution in [0.25, 0.3) is 0 Å². The fourth-order valence-corrected chi connectivity index (χ4v) is 1.90. The fourth-order valence-electron chi connectivity index (χ4n) is 1.90. The molecule has 7 nitrogen and oxygen atoms in total. The first-order chi connectivity index (χ1) is 12.3. The van der Waals surface area contributed by atoms with Gasteiger partial charge in [-0.1, -0.05) is 26.0 Å². The summed E-state index contributed by atoms with van der Waals surface area (Å²) in [7, 11) is 0. The zero-order valence-electron chi connectivity index (χ0n) is 15.8. The van der Waals surface area contributed by atoms with Gasteiger partial charge in [0.25, 0.3) is 5.91 Å². The second kappa shape index (κ2) is 11.3. The molecule has 7 heteroatoms. The van der Waals surface area contributed by atoms with Crippen LogP contribution in [0.3, 0.4) is 0 Å². The van der Waals surface area contributed by atoms with Crippen LogP contribution in [0.15, 0.2) is 24.3 Å². The number of nitrogens with one attached hydrogen (secondary N) is 2. The standard InChI is InChI=1S/C19H28N2O5/c1-13(2)9-10-20-19(24)21-17(22)12-26-18(23)16-7-5-15(6-8-16)11-25-14(3)4/h5-8,13-14H,9-12H2,1-4H3,(H2,20,21,22,24). The van der Waals surface area contributed by atoms with E-state index in [1.807, 2.05) is 27.7 Å². The third-order valence-corrected chi connectivity index (χ3v) is 3.37. The molecule has 0 fully saturated rings. The van der Waals surface area contributed by atoms with Crippen LogP contribution in [0.4, 0.5) is 4.79 Å². The molecule has 0 atom stereocenters. The van der Waals surface area contributed by atoms with Crippen LogP contribution in [0.2, 0.25) is 0 Å². The van der Waals surface area contributed by atoms with Crippen molar-refractivity contribution in [3.8, 4) is 0 Å². The van der Waals surface area contributed by atoms with Crippen molar-refractivity contribution in [1.82, 2.24) is 10.6 Å². The quantitative estimate of drug-likeness (QED) is 0.657. The van der Waals surface area contributed by atoms with E-state index in [1.165, 1.54) is 0 Å². The van der Waals surface area contributed by atoms with E-state index in [1.54, 1.807) is 24.3 Å². The lowest BCUT2D eigenvalue weighted by atomic mass is 10.1. The molecule has 0 bridgehead atoms. The molecule has 0 heterocycles. The van der Waals surface area contributed by atoms with Gasteiger partial charge in [-0.2, -0.15) is 0 Å². The van der Waals surface area contributed by atoms with Crippen LogP contribution in [0.5, 0.6) is 0 Å². The third kappa shape index (κ3) is 9.17. The number of esters is 1. The second-order valence-corrected chi connectivity index (χ2v) is 6.62. The van der Waals surface area contributed by atoms with Gasteiger partial charge in [0, 0.05) is 6.54 Å². The van der Waals surface area contributed by atoms with Crippen molar-refractivity contribution < 1.29 is 23.9 Å². The molecule has 0 saturated heterocycles. The van der Waals surface area contributed by atoms with Crippen LogP contribution in [0.1, 0.15) is 50.0 Å². The molecule has 1 aromatic rings. The molecule has 2 N–H and O–H groups in total. The Bertz CT molecular complexity index is 596. The molecule has 144 valence electrons. The molecule has 0 aromatic heterocycles. The predicted octanol–water partition coefficient (Wildman–Crippen LogP) is 2.64. The van der Waals surface area contributed by atoms with Gasteiger partial charge >= 0.3 is 12.0 Å². The van der Waals surface area contributed by atoms with E-state index in [0.29, 0.717) is 24.6 Å². The van der Waals surface area contributed by atoms with Gasteiger partial charge in [-0.3, -0.25) is 10.1 Å². The molecular formula is C19H28N2O5. The van der Waals surface area contributed by atoms with E-state index in [0.717, 1.165) is 12.0 Å². The van der Waals surface area contributed by atoms with Gasteiger partial charge in [0.1, 0.15) is 0 Å². The first-order valence-corrected chi connectivity index (χ1v) is 8.73. The summed E-state index contributed by atoms with van der Waals surface area (Å²) in [5, 5.41) is 4.68. The Balaban J connectivity index is 2.34. The zero-order valence-corrected chi connectivity index (χ0v) is 15.8.